The van der Waals surface area contributed by atoms with Crippen LogP contribution >= 0.6 is 43.2 Å². The van der Waals surface area contributed by atoms with Gasteiger partial charge in [-0.25, -0.2) is 4.39 Å². The maximum Gasteiger partial charge on any atom is 0.131 e. The molecule has 0 fully saturated rings. The fourth-order valence-electron chi connectivity index (χ4n) is 1.03. The van der Waals surface area contributed by atoms with Crippen molar-refractivity contribution in [3.05, 3.63) is 32.3 Å². The highest BCUT2D eigenvalue weighted by Crippen LogP contribution is 2.36. The van der Waals surface area contributed by atoms with E-state index in [0.717, 1.165) is 13.0 Å². The van der Waals surface area contributed by atoms with Crippen LogP contribution in [0.4, 0.5) is 4.39 Å². The average Bonchev–Trinajstić information content (AvgIpc) is 2.41. The quantitative estimate of drug-likeness (QED) is 0.669. The Kier molecular flexibility index (Phi) is 2.23. The third-order valence-corrected chi connectivity index (χ3v) is 4.15. The summed E-state index contributed by atoms with van der Waals surface area (Å²) in [6.45, 7) is 0. The van der Waals surface area contributed by atoms with Crippen molar-refractivity contribution in [2.24, 2.45) is 0 Å². The van der Waals surface area contributed by atoms with E-state index in [4.69, 9.17) is 0 Å². The van der Waals surface area contributed by atoms with Crippen molar-refractivity contribution >= 4 is 53.3 Å². The van der Waals surface area contributed by atoms with Crippen molar-refractivity contribution in [1.29, 1.82) is 0 Å². The third-order valence-electron chi connectivity index (χ3n) is 1.55. The summed E-state index contributed by atoms with van der Waals surface area (Å²) in [4.78, 5) is 0. The average molecular weight is 310 g/mol. The van der Waals surface area contributed by atoms with Gasteiger partial charge in [-0.05, 0) is 50.1 Å². The van der Waals surface area contributed by atoms with Gasteiger partial charge >= 0.3 is 0 Å². The highest BCUT2D eigenvalue weighted by molar-refractivity contribution is 9.11. The lowest BCUT2D eigenvalue weighted by Crippen LogP contribution is -1.73. The number of benzene rings is 1. The van der Waals surface area contributed by atoms with E-state index in [0.29, 0.717) is 5.39 Å². The van der Waals surface area contributed by atoms with Crippen LogP contribution in [0.5, 0.6) is 0 Å². The van der Waals surface area contributed by atoms with E-state index in [-0.39, 0.29) is 5.82 Å². The van der Waals surface area contributed by atoms with Gasteiger partial charge in [0.2, 0.25) is 0 Å². The summed E-state index contributed by atoms with van der Waals surface area (Å²) in [7, 11) is 0. The number of hydrogen-bond donors (Lipinski definition) is 0. The molecule has 0 aliphatic heterocycles. The normalized spacial score (nSPS) is 10.9. The van der Waals surface area contributed by atoms with Crippen molar-refractivity contribution < 1.29 is 4.39 Å². The zero-order chi connectivity index (χ0) is 8.72. The molecule has 0 atom stereocenters. The van der Waals surface area contributed by atoms with Crippen LogP contribution in [-0.2, 0) is 0 Å². The van der Waals surface area contributed by atoms with Gasteiger partial charge in [0.1, 0.15) is 5.82 Å². The standard InChI is InChI=1S/C8H3Br2FS/c9-5-1-2-6(11)4-3-7(10)12-8(4)5/h1-3H. The van der Waals surface area contributed by atoms with Gasteiger partial charge in [-0.3, -0.25) is 0 Å². The molecular formula is C8H3Br2FS. The Balaban J connectivity index is 2.93. The van der Waals surface area contributed by atoms with Gasteiger partial charge in [-0.1, -0.05) is 0 Å². The Morgan fingerprint density at radius 2 is 2.00 bits per heavy atom. The fourth-order valence-corrected chi connectivity index (χ4v) is 3.13. The van der Waals surface area contributed by atoms with Gasteiger partial charge in [0.15, 0.2) is 0 Å². The smallest absolute Gasteiger partial charge is 0.131 e. The Morgan fingerprint density at radius 1 is 1.25 bits per heavy atom. The maximum atomic E-state index is 13.1. The minimum Gasteiger partial charge on any atom is -0.206 e. The van der Waals surface area contributed by atoms with E-state index in [1.54, 1.807) is 12.1 Å². The Bertz CT molecular complexity index is 397. The third kappa shape index (κ3) is 1.32. The molecule has 12 heavy (non-hydrogen) atoms. The number of halogens is 3. The highest BCUT2D eigenvalue weighted by atomic mass is 79.9. The second-order valence-corrected chi connectivity index (χ2v) is 5.61. The van der Waals surface area contributed by atoms with Gasteiger partial charge in [0.05, 0.1) is 8.49 Å². The van der Waals surface area contributed by atoms with Crippen molar-refractivity contribution in [1.82, 2.24) is 0 Å². The van der Waals surface area contributed by atoms with E-state index >= 15 is 0 Å². The van der Waals surface area contributed by atoms with Crippen LogP contribution in [0.1, 0.15) is 0 Å². The number of rotatable bonds is 0. The van der Waals surface area contributed by atoms with E-state index in [1.807, 2.05) is 0 Å². The van der Waals surface area contributed by atoms with Crippen LogP contribution in [0.15, 0.2) is 26.5 Å². The van der Waals surface area contributed by atoms with E-state index in [2.05, 4.69) is 31.9 Å². The summed E-state index contributed by atoms with van der Waals surface area (Å²) < 4.78 is 16.0. The lowest BCUT2D eigenvalue weighted by Gasteiger charge is -1.93. The summed E-state index contributed by atoms with van der Waals surface area (Å²) in [5.74, 6) is -0.171. The van der Waals surface area contributed by atoms with Gasteiger partial charge in [-0.15, -0.1) is 11.3 Å². The number of fused-ring (bicyclic) bond motifs is 1. The van der Waals surface area contributed by atoms with Gasteiger partial charge < -0.3 is 0 Å². The predicted molar refractivity (Wildman–Crippen MR) is 57.2 cm³/mol. The molecule has 1 aromatic carbocycles. The van der Waals surface area contributed by atoms with Crippen LogP contribution < -0.4 is 0 Å². The molecule has 0 nitrogen and oxygen atoms in total. The molecule has 2 aromatic rings. The molecule has 0 saturated carbocycles. The first kappa shape index (κ1) is 8.66. The van der Waals surface area contributed by atoms with Crippen molar-refractivity contribution in [3.8, 4) is 0 Å². The number of thiophene rings is 1. The monoisotopic (exact) mass is 308 g/mol. The molecule has 62 valence electrons. The first-order valence-corrected chi connectivity index (χ1v) is 5.62. The first-order chi connectivity index (χ1) is 5.68. The molecule has 0 amide bonds. The van der Waals surface area contributed by atoms with Crippen LogP contribution in [-0.4, -0.2) is 0 Å². The molecule has 1 heterocycles. The molecule has 0 spiro atoms. The molecule has 0 unspecified atom stereocenters. The lowest BCUT2D eigenvalue weighted by molar-refractivity contribution is 0.640. The summed E-state index contributed by atoms with van der Waals surface area (Å²) in [5, 5.41) is 0.668. The SMILES string of the molecule is Fc1ccc(Br)c2sc(Br)cc12. The van der Waals surface area contributed by atoms with Crippen molar-refractivity contribution in [2.75, 3.05) is 0 Å². The predicted octanol–water partition coefficient (Wildman–Crippen LogP) is 4.57. The Hall–Kier alpha value is 0.0700. The number of hydrogen-bond acceptors (Lipinski definition) is 1. The van der Waals surface area contributed by atoms with Gasteiger partial charge in [0, 0.05) is 9.86 Å². The zero-order valence-electron chi connectivity index (χ0n) is 5.77. The summed E-state index contributed by atoms with van der Waals surface area (Å²) in [5.41, 5.74) is 0. The molecule has 1 aromatic heterocycles. The van der Waals surface area contributed by atoms with Gasteiger partial charge in [0.25, 0.3) is 0 Å². The zero-order valence-corrected chi connectivity index (χ0v) is 9.76. The second-order valence-electron chi connectivity index (χ2n) is 2.32. The fraction of sp³-hybridized carbons (Fsp3) is 0. The molecule has 0 aliphatic rings. The van der Waals surface area contributed by atoms with E-state index < -0.39 is 0 Å². The summed E-state index contributed by atoms with van der Waals surface area (Å²) in [6.07, 6.45) is 0. The Morgan fingerprint density at radius 3 is 2.67 bits per heavy atom. The van der Waals surface area contributed by atoms with Crippen LogP contribution in [0.3, 0.4) is 0 Å². The maximum absolute atomic E-state index is 13.1. The topological polar surface area (TPSA) is 0 Å². The van der Waals surface area contributed by atoms with Crippen molar-refractivity contribution in [2.45, 2.75) is 0 Å². The second kappa shape index (κ2) is 3.09. The minimum atomic E-state index is -0.171. The lowest BCUT2D eigenvalue weighted by atomic mass is 10.2. The highest BCUT2D eigenvalue weighted by Gasteiger charge is 2.07. The van der Waals surface area contributed by atoms with Crippen molar-refractivity contribution in [3.63, 3.8) is 0 Å². The minimum absolute atomic E-state index is 0.171. The largest absolute Gasteiger partial charge is 0.206 e. The molecule has 0 aliphatic carbocycles. The first-order valence-electron chi connectivity index (χ1n) is 3.21. The van der Waals surface area contributed by atoms with Crippen LogP contribution in [0.2, 0.25) is 0 Å². The summed E-state index contributed by atoms with van der Waals surface area (Å²) >= 11 is 8.21. The molecular weight excluding hydrogens is 307 g/mol. The van der Waals surface area contributed by atoms with Gasteiger partial charge in [-0.2, -0.15) is 0 Å². The molecule has 0 saturated heterocycles. The molecule has 0 N–H and O–H groups in total. The summed E-state index contributed by atoms with van der Waals surface area (Å²) in [6, 6.07) is 4.98. The van der Waals surface area contributed by atoms with E-state index in [1.165, 1.54) is 17.4 Å². The Labute approximate surface area is 89.7 Å². The molecule has 0 radical (unpaired) electrons. The van der Waals surface area contributed by atoms with Crippen LogP contribution in [0.25, 0.3) is 10.1 Å². The van der Waals surface area contributed by atoms with Crippen LogP contribution in [0, 0.1) is 5.82 Å². The molecule has 0 bridgehead atoms. The molecule has 4 heteroatoms. The van der Waals surface area contributed by atoms with E-state index in [9.17, 15) is 4.39 Å². The molecule has 2 rings (SSSR count).